The number of benzene rings is 1. The van der Waals surface area contributed by atoms with Gasteiger partial charge in [-0.05, 0) is 26.3 Å². The molecule has 1 N–H and O–H groups in total. The van der Waals surface area contributed by atoms with Crippen molar-refractivity contribution in [1.29, 1.82) is 0 Å². The first-order valence-electron chi connectivity index (χ1n) is 12.3. The molecule has 7 nitrogen and oxygen atoms in total. The van der Waals surface area contributed by atoms with Gasteiger partial charge in [0, 0.05) is 37.0 Å². The van der Waals surface area contributed by atoms with Crippen molar-refractivity contribution in [3.8, 4) is 0 Å². The van der Waals surface area contributed by atoms with Crippen LogP contribution >= 0.6 is 11.8 Å². The Hall–Kier alpha value is -2.58. The summed E-state index contributed by atoms with van der Waals surface area (Å²) in [6.45, 7) is 7.23. The Morgan fingerprint density at radius 3 is 2.46 bits per heavy atom. The minimum atomic E-state index is -0.839. The fourth-order valence-corrected chi connectivity index (χ4v) is 8.09. The number of thioether (sulfide) groups is 1. The topological polar surface area (TPSA) is 81.2 Å². The van der Waals surface area contributed by atoms with E-state index in [0.29, 0.717) is 19.6 Å². The van der Waals surface area contributed by atoms with Gasteiger partial charge in [0.05, 0.1) is 23.2 Å². The quantitative estimate of drug-likeness (QED) is 0.647. The fraction of sp³-hybridized carbons (Fsp3) is 0.519. The highest BCUT2D eigenvalue weighted by molar-refractivity contribution is 8.02. The number of hydrogen-bond donors (Lipinski definition) is 1. The van der Waals surface area contributed by atoms with Crippen LogP contribution in [0.3, 0.4) is 0 Å². The summed E-state index contributed by atoms with van der Waals surface area (Å²) in [5.41, 5.74) is 0.616. The highest BCUT2D eigenvalue weighted by Gasteiger charge is 2.71. The summed E-state index contributed by atoms with van der Waals surface area (Å²) < 4.78 is -0.839. The van der Waals surface area contributed by atoms with Crippen LogP contribution in [0.2, 0.25) is 0 Å². The van der Waals surface area contributed by atoms with Gasteiger partial charge in [0.2, 0.25) is 17.7 Å². The van der Waals surface area contributed by atoms with Gasteiger partial charge >= 0.3 is 0 Å². The number of aliphatic hydroxyl groups is 1. The molecule has 0 aromatic heterocycles. The molecular weight excluding hydrogens is 462 g/mol. The molecule has 0 radical (unpaired) electrons. The maximum Gasteiger partial charge on any atom is 0.247 e. The van der Waals surface area contributed by atoms with Crippen molar-refractivity contribution in [2.75, 3.05) is 26.2 Å². The summed E-state index contributed by atoms with van der Waals surface area (Å²) in [5.74, 6) is -1.58. The van der Waals surface area contributed by atoms with E-state index in [2.05, 4.69) is 6.08 Å². The summed E-state index contributed by atoms with van der Waals surface area (Å²) in [5, 5.41) is 9.60. The molecule has 1 aromatic carbocycles. The summed E-state index contributed by atoms with van der Waals surface area (Å²) >= 11 is 1.57. The molecule has 0 bridgehead atoms. The Labute approximate surface area is 210 Å². The van der Waals surface area contributed by atoms with E-state index in [1.54, 1.807) is 16.7 Å². The Balaban J connectivity index is 1.55. The predicted molar refractivity (Wildman–Crippen MR) is 135 cm³/mol. The smallest absolute Gasteiger partial charge is 0.247 e. The number of carbonyl (C=O) groups excluding carboxylic acids is 3. The third-order valence-electron chi connectivity index (χ3n) is 7.61. The second-order valence-corrected chi connectivity index (χ2v) is 12.2. The van der Waals surface area contributed by atoms with Crippen LogP contribution in [0.25, 0.3) is 0 Å². The van der Waals surface area contributed by atoms with Gasteiger partial charge in [-0.3, -0.25) is 14.4 Å². The molecule has 8 heteroatoms. The molecule has 5 rings (SSSR count). The second-order valence-electron chi connectivity index (χ2n) is 10.8. The normalized spacial score (nSPS) is 32.5. The van der Waals surface area contributed by atoms with Crippen molar-refractivity contribution in [2.24, 2.45) is 11.8 Å². The molecule has 2 saturated heterocycles. The number of carbonyl (C=O) groups is 3. The van der Waals surface area contributed by atoms with Crippen molar-refractivity contribution < 1.29 is 19.5 Å². The van der Waals surface area contributed by atoms with Crippen LogP contribution < -0.4 is 0 Å². The van der Waals surface area contributed by atoms with E-state index < -0.39 is 28.2 Å². The first-order chi connectivity index (χ1) is 16.7. The van der Waals surface area contributed by atoms with Crippen molar-refractivity contribution in [1.82, 2.24) is 14.7 Å². The summed E-state index contributed by atoms with van der Waals surface area (Å²) in [6, 6.07) is 9.11. The lowest BCUT2D eigenvalue weighted by Gasteiger charge is -2.40. The number of amides is 3. The monoisotopic (exact) mass is 495 g/mol. The van der Waals surface area contributed by atoms with Gasteiger partial charge in [0.1, 0.15) is 6.04 Å². The Morgan fingerprint density at radius 2 is 1.77 bits per heavy atom. The number of nitrogens with zero attached hydrogens (tertiary/aromatic N) is 3. The van der Waals surface area contributed by atoms with Crippen LogP contribution in [0.5, 0.6) is 0 Å². The fourth-order valence-electron chi connectivity index (χ4n) is 6.09. The van der Waals surface area contributed by atoms with Gasteiger partial charge in [-0.1, -0.05) is 54.6 Å². The number of fused-ring (bicyclic) bond motifs is 2. The van der Waals surface area contributed by atoms with Crippen LogP contribution in [0.15, 0.2) is 54.6 Å². The molecule has 4 aliphatic heterocycles. The predicted octanol–water partition coefficient (Wildman–Crippen LogP) is 2.07. The summed E-state index contributed by atoms with van der Waals surface area (Å²) in [4.78, 5) is 47.1. The zero-order valence-electron chi connectivity index (χ0n) is 20.5. The zero-order chi connectivity index (χ0) is 25.0. The standard InChI is InChI=1S/C27H33N3O4S/c1-26(2,3)30-14-8-12-27-21(24(33)29(15-16-31)22(27)25(30)34)20-19(35-27)11-7-13-28(23(20)32)17-18-9-5-4-6-10-18/h4-12,19-22,31H,13-17H2,1-3H3/t19-,20+,21-,22?,27-/m0/s1. The van der Waals surface area contributed by atoms with Gasteiger partial charge in [-0.25, -0.2) is 0 Å². The average Bonchev–Trinajstić information content (AvgIpc) is 3.11. The number of β-amino-alcohol motifs (C(OH)–C–C–N with tert-alkyl or cyclic N) is 1. The Bertz CT molecular complexity index is 1080. The van der Waals surface area contributed by atoms with Crippen molar-refractivity contribution in [3.63, 3.8) is 0 Å². The number of rotatable bonds is 4. The molecule has 1 aromatic rings. The molecule has 3 amide bonds. The van der Waals surface area contributed by atoms with Gasteiger partial charge in [-0.2, -0.15) is 0 Å². The van der Waals surface area contributed by atoms with E-state index in [-0.39, 0.29) is 36.1 Å². The van der Waals surface area contributed by atoms with E-state index in [9.17, 15) is 19.5 Å². The Morgan fingerprint density at radius 1 is 1.03 bits per heavy atom. The highest BCUT2D eigenvalue weighted by Crippen LogP contribution is 2.61. The summed E-state index contributed by atoms with van der Waals surface area (Å²) in [7, 11) is 0. The van der Waals surface area contributed by atoms with Crippen LogP contribution in [0, 0.1) is 11.8 Å². The molecule has 1 unspecified atom stereocenters. The van der Waals surface area contributed by atoms with Gasteiger partial charge in [-0.15, -0.1) is 11.8 Å². The van der Waals surface area contributed by atoms with E-state index in [4.69, 9.17) is 0 Å². The first-order valence-corrected chi connectivity index (χ1v) is 13.1. The van der Waals surface area contributed by atoms with Gasteiger partial charge in [0.25, 0.3) is 0 Å². The van der Waals surface area contributed by atoms with Crippen LogP contribution in [0.4, 0.5) is 0 Å². The maximum absolute atomic E-state index is 14.0. The minimum Gasteiger partial charge on any atom is -0.395 e. The number of hydrogen-bond acceptors (Lipinski definition) is 5. The number of aliphatic hydroxyl groups excluding tert-OH is 1. The maximum atomic E-state index is 14.0. The first kappa shape index (κ1) is 24.1. The van der Waals surface area contributed by atoms with E-state index in [1.165, 1.54) is 4.90 Å². The van der Waals surface area contributed by atoms with Gasteiger partial charge in [0.15, 0.2) is 0 Å². The van der Waals surface area contributed by atoms with E-state index in [0.717, 1.165) is 5.56 Å². The molecular formula is C27H33N3O4S. The lowest BCUT2D eigenvalue weighted by Crippen LogP contribution is -2.57. The third-order valence-corrected chi connectivity index (χ3v) is 9.35. The zero-order valence-corrected chi connectivity index (χ0v) is 21.3. The molecule has 1 spiro atoms. The number of likely N-dealkylation sites (tertiary alicyclic amines) is 1. The molecule has 4 heterocycles. The van der Waals surface area contributed by atoms with Gasteiger partial charge < -0.3 is 19.8 Å². The highest BCUT2D eigenvalue weighted by atomic mass is 32.2. The van der Waals surface area contributed by atoms with E-state index in [1.807, 2.05) is 74.2 Å². The molecule has 4 aliphatic rings. The Kier molecular flexibility index (Phi) is 6.08. The average molecular weight is 496 g/mol. The SMILES string of the molecule is CC(C)(C)N1CC=C[C@]23S[C@H]4C=CCN(Cc5ccccc5)C(=O)[C@H]4[C@H]2C(=O)N(CCO)C3C1=O. The third kappa shape index (κ3) is 3.82. The largest absolute Gasteiger partial charge is 0.395 e. The summed E-state index contributed by atoms with van der Waals surface area (Å²) in [6.07, 6.45) is 8.07. The van der Waals surface area contributed by atoms with E-state index >= 15 is 0 Å². The van der Waals surface area contributed by atoms with Crippen LogP contribution in [0.1, 0.15) is 26.3 Å². The molecule has 5 atom stereocenters. The molecule has 0 saturated carbocycles. The molecule has 0 aliphatic carbocycles. The van der Waals surface area contributed by atoms with Crippen molar-refractivity contribution >= 4 is 29.5 Å². The van der Waals surface area contributed by atoms with Crippen LogP contribution in [-0.2, 0) is 20.9 Å². The second kappa shape index (κ2) is 8.82. The minimum absolute atomic E-state index is 0.0473. The van der Waals surface area contributed by atoms with Crippen molar-refractivity contribution in [3.05, 3.63) is 60.2 Å². The molecule has 186 valence electrons. The lowest BCUT2D eigenvalue weighted by molar-refractivity contribution is -0.146. The van der Waals surface area contributed by atoms with Crippen LogP contribution in [-0.4, -0.2) is 85.3 Å². The van der Waals surface area contributed by atoms with Crippen molar-refractivity contribution in [2.45, 2.75) is 48.9 Å². The molecule has 35 heavy (non-hydrogen) atoms. The molecule has 2 fully saturated rings. The lowest BCUT2D eigenvalue weighted by atomic mass is 9.78.